The molecule has 19 heavy (non-hydrogen) atoms. The monoisotopic (exact) mass is 265 g/mol. The number of allylic oxidation sites excluding steroid dienone is 3. The molecule has 0 aromatic carbocycles. The van der Waals surface area contributed by atoms with Gasteiger partial charge in [-0.2, -0.15) is 0 Å². The van der Waals surface area contributed by atoms with Crippen molar-refractivity contribution in [3.05, 3.63) is 24.3 Å². The zero-order valence-corrected chi connectivity index (χ0v) is 13.1. The topological polar surface area (TPSA) is 26.0 Å². The average molecular weight is 265 g/mol. The highest BCUT2D eigenvalue weighted by atomic mass is 14.5. The third kappa shape index (κ3) is 17.4. The lowest BCUT2D eigenvalue weighted by molar-refractivity contribution is 0.550. The van der Waals surface area contributed by atoms with Crippen LogP contribution in [0.25, 0.3) is 0 Å². The third-order valence-electron chi connectivity index (χ3n) is 3.49. The van der Waals surface area contributed by atoms with E-state index in [0.29, 0.717) is 6.54 Å². The Kier molecular flexibility index (Phi) is 16.9. The maximum Gasteiger partial charge on any atom is 0.0109 e. The molecule has 0 unspecified atom stereocenters. The Bertz CT molecular complexity index is 206. The van der Waals surface area contributed by atoms with Crippen molar-refractivity contribution in [1.29, 1.82) is 0 Å². The number of hydrogen-bond acceptors (Lipinski definition) is 1. The van der Waals surface area contributed by atoms with E-state index in [1.54, 1.807) is 0 Å². The van der Waals surface area contributed by atoms with Gasteiger partial charge in [0.05, 0.1) is 0 Å². The predicted molar refractivity (Wildman–Crippen MR) is 88.4 cm³/mol. The minimum Gasteiger partial charge on any atom is -0.327 e. The van der Waals surface area contributed by atoms with Gasteiger partial charge in [-0.15, -0.1) is 0 Å². The van der Waals surface area contributed by atoms with Crippen LogP contribution in [0.5, 0.6) is 0 Å². The highest BCUT2D eigenvalue weighted by Crippen LogP contribution is 2.11. The molecule has 0 fully saturated rings. The van der Waals surface area contributed by atoms with Crippen LogP contribution in [0.2, 0.25) is 0 Å². The van der Waals surface area contributed by atoms with Crippen LogP contribution in [0.4, 0.5) is 0 Å². The van der Waals surface area contributed by atoms with Gasteiger partial charge in [-0.3, -0.25) is 0 Å². The van der Waals surface area contributed by atoms with Gasteiger partial charge in [-0.1, -0.05) is 95.4 Å². The molecule has 0 aromatic heterocycles. The van der Waals surface area contributed by atoms with Gasteiger partial charge in [0.2, 0.25) is 0 Å². The molecular formula is C18H35N. The second-order valence-electron chi connectivity index (χ2n) is 5.42. The molecule has 112 valence electrons. The molecule has 0 aliphatic heterocycles. The Morgan fingerprint density at radius 3 is 1.63 bits per heavy atom. The molecule has 2 N–H and O–H groups in total. The Labute approximate surface area is 121 Å². The van der Waals surface area contributed by atoms with Crippen molar-refractivity contribution in [3.8, 4) is 0 Å². The van der Waals surface area contributed by atoms with Crippen LogP contribution in [0.3, 0.4) is 0 Å². The SMILES string of the molecule is CCCCCCCCCCCCCC=CC=CCN. The summed E-state index contributed by atoms with van der Waals surface area (Å²) in [5.41, 5.74) is 5.36. The van der Waals surface area contributed by atoms with Crippen LogP contribution in [-0.2, 0) is 0 Å². The summed E-state index contributed by atoms with van der Waals surface area (Å²) in [7, 11) is 0. The first kappa shape index (κ1) is 18.4. The molecular weight excluding hydrogens is 230 g/mol. The first-order chi connectivity index (χ1) is 9.41. The molecule has 0 amide bonds. The van der Waals surface area contributed by atoms with Crippen LogP contribution >= 0.6 is 0 Å². The summed E-state index contributed by atoms with van der Waals surface area (Å²) in [6.45, 7) is 2.92. The van der Waals surface area contributed by atoms with E-state index in [2.05, 4.69) is 19.1 Å². The van der Waals surface area contributed by atoms with Crippen LogP contribution in [-0.4, -0.2) is 6.54 Å². The van der Waals surface area contributed by atoms with Crippen molar-refractivity contribution in [2.24, 2.45) is 5.73 Å². The molecule has 0 bridgehead atoms. The lowest BCUT2D eigenvalue weighted by Crippen LogP contribution is -1.91. The summed E-state index contributed by atoms with van der Waals surface area (Å²) in [5.74, 6) is 0. The fourth-order valence-corrected chi connectivity index (χ4v) is 2.26. The van der Waals surface area contributed by atoms with E-state index in [0.717, 1.165) is 0 Å². The normalized spacial score (nSPS) is 11.9. The van der Waals surface area contributed by atoms with Crippen LogP contribution in [0.1, 0.15) is 84.0 Å². The molecule has 0 radical (unpaired) electrons. The molecule has 0 saturated carbocycles. The third-order valence-corrected chi connectivity index (χ3v) is 3.49. The van der Waals surface area contributed by atoms with E-state index in [4.69, 9.17) is 5.73 Å². The highest BCUT2D eigenvalue weighted by Gasteiger charge is 1.92. The van der Waals surface area contributed by atoms with Crippen molar-refractivity contribution >= 4 is 0 Å². The van der Waals surface area contributed by atoms with Gasteiger partial charge in [-0.05, 0) is 12.8 Å². The lowest BCUT2D eigenvalue weighted by atomic mass is 10.1. The Hall–Kier alpha value is -0.560. The number of unbranched alkanes of at least 4 members (excludes halogenated alkanes) is 11. The second-order valence-corrected chi connectivity index (χ2v) is 5.42. The van der Waals surface area contributed by atoms with E-state index >= 15 is 0 Å². The molecule has 0 saturated heterocycles. The van der Waals surface area contributed by atoms with Gasteiger partial charge in [0, 0.05) is 6.54 Å². The Morgan fingerprint density at radius 1 is 0.632 bits per heavy atom. The Balaban J connectivity index is 3.02. The summed E-state index contributed by atoms with van der Waals surface area (Å²) >= 11 is 0. The summed E-state index contributed by atoms with van der Waals surface area (Å²) in [4.78, 5) is 0. The standard InChI is InChI=1S/C18H35N/c1-2-3-4-5-6-7-8-9-10-11-12-13-14-15-16-17-18-19/h14-17H,2-13,18-19H2,1H3. The molecule has 0 rings (SSSR count). The number of rotatable bonds is 14. The van der Waals surface area contributed by atoms with Crippen molar-refractivity contribution in [2.45, 2.75) is 84.0 Å². The van der Waals surface area contributed by atoms with E-state index < -0.39 is 0 Å². The first-order valence-electron chi connectivity index (χ1n) is 8.43. The average Bonchev–Trinajstić information content (AvgIpc) is 2.43. The maximum absolute atomic E-state index is 5.36. The van der Waals surface area contributed by atoms with Crippen molar-refractivity contribution in [2.75, 3.05) is 6.54 Å². The molecule has 0 aliphatic rings. The van der Waals surface area contributed by atoms with Gasteiger partial charge >= 0.3 is 0 Å². The molecule has 1 nitrogen and oxygen atoms in total. The van der Waals surface area contributed by atoms with Crippen LogP contribution < -0.4 is 5.73 Å². The fourth-order valence-electron chi connectivity index (χ4n) is 2.26. The minimum absolute atomic E-state index is 0.642. The van der Waals surface area contributed by atoms with Gasteiger partial charge in [0.25, 0.3) is 0 Å². The largest absolute Gasteiger partial charge is 0.327 e. The smallest absolute Gasteiger partial charge is 0.0109 e. The summed E-state index contributed by atoms with van der Waals surface area (Å²) < 4.78 is 0. The zero-order valence-electron chi connectivity index (χ0n) is 13.1. The van der Waals surface area contributed by atoms with Crippen LogP contribution in [0.15, 0.2) is 24.3 Å². The van der Waals surface area contributed by atoms with E-state index in [1.165, 1.54) is 77.0 Å². The maximum atomic E-state index is 5.36. The quantitative estimate of drug-likeness (QED) is 0.314. The van der Waals surface area contributed by atoms with E-state index in [-0.39, 0.29) is 0 Å². The molecule has 1 heteroatoms. The molecule has 0 aromatic rings. The number of nitrogens with two attached hydrogens (primary N) is 1. The fraction of sp³-hybridized carbons (Fsp3) is 0.778. The molecule has 0 atom stereocenters. The van der Waals surface area contributed by atoms with Crippen molar-refractivity contribution in [3.63, 3.8) is 0 Å². The Morgan fingerprint density at radius 2 is 1.11 bits per heavy atom. The first-order valence-corrected chi connectivity index (χ1v) is 8.43. The highest BCUT2D eigenvalue weighted by molar-refractivity contribution is 5.02. The van der Waals surface area contributed by atoms with Gasteiger partial charge in [0.1, 0.15) is 0 Å². The van der Waals surface area contributed by atoms with Crippen LogP contribution in [0, 0.1) is 0 Å². The summed E-state index contributed by atoms with van der Waals surface area (Å²) in [5, 5.41) is 0. The van der Waals surface area contributed by atoms with Crippen molar-refractivity contribution < 1.29 is 0 Å². The van der Waals surface area contributed by atoms with Crippen molar-refractivity contribution in [1.82, 2.24) is 0 Å². The molecule has 0 aliphatic carbocycles. The second kappa shape index (κ2) is 17.4. The van der Waals surface area contributed by atoms with E-state index in [9.17, 15) is 0 Å². The summed E-state index contributed by atoms with van der Waals surface area (Å²) in [6.07, 6.45) is 25.2. The zero-order chi connectivity index (χ0) is 14.0. The molecule has 0 heterocycles. The lowest BCUT2D eigenvalue weighted by Gasteiger charge is -2.01. The minimum atomic E-state index is 0.642. The predicted octanol–water partition coefficient (Wildman–Crippen LogP) is 5.76. The summed E-state index contributed by atoms with van der Waals surface area (Å²) in [6, 6.07) is 0. The molecule has 0 spiro atoms. The van der Waals surface area contributed by atoms with Gasteiger partial charge < -0.3 is 5.73 Å². The number of hydrogen-bond donors (Lipinski definition) is 1. The van der Waals surface area contributed by atoms with Gasteiger partial charge in [-0.25, -0.2) is 0 Å². The van der Waals surface area contributed by atoms with Gasteiger partial charge in [0.15, 0.2) is 0 Å². The van der Waals surface area contributed by atoms with E-state index in [1.807, 2.05) is 12.2 Å².